The Morgan fingerprint density at radius 2 is 1.85 bits per heavy atom. The van der Waals surface area contributed by atoms with E-state index in [0.717, 1.165) is 40.7 Å². The van der Waals surface area contributed by atoms with Crippen LogP contribution in [0.3, 0.4) is 0 Å². The van der Waals surface area contributed by atoms with E-state index in [1.807, 2.05) is 77.4 Å². The van der Waals surface area contributed by atoms with Crippen molar-refractivity contribution < 1.29 is 19.1 Å². The number of ether oxygens (including phenoxy) is 2. The molecule has 6 heteroatoms. The SMILES string of the molecule is CCN(Cc1ccc2c(c1)OCO2)C(=O)C1CCCN(C(=O)c2cccc3ccccc23)C1. The molecule has 2 amide bonds. The Balaban J connectivity index is 1.30. The maximum Gasteiger partial charge on any atom is 0.254 e. The first-order valence-corrected chi connectivity index (χ1v) is 11.6. The van der Waals surface area contributed by atoms with Crippen LogP contribution in [0.4, 0.5) is 0 Å². The molecule has 1 unspecified atom stereocenters. The zero-order chi connectivity index (χ0) is 22.8. The molecular weight excluding hydrogens is 416 g/mol. The summed E-state index contributed by atoms with van der Waals surface area (Å²) in [6.45, 7) is 4.49. The number of fused-ring (bicyclic) bond motifs is 2. The van der Waals surface area contributed by atoms with E-state index in [9.17, 15) is 9.59 Å². The smallest absolute Gasteiger partial charge is 0.254 e. The highest BCUT2D eigenvalue weighted by Gasteiger charge is 2.32. The van der Waals surface area contributed by atoms with E-state index in [0.29, 0.717) is 31.7 Å². The van der Waals surface area contributed by atoms with Crippen LogP contribution in [0.5, 0.6) is 11.5 Å². The quantitative estimate of drug-likeness (QED) is 0.583. The van der Waals surface area contributed by atoms with Gasteiger partial charge in [-0.1, -0.05) is 42.5 Å². The molecular formula is C27H28N2O4. The molecule has 0 radical (unpaired) electrons. The summed E-state index contributed by atoms with van der Waals surface area (Å²) in [6, 6.07) is 19.6. The molecule has 0 saturated carbocycles. The fourth-order valence-corrected chi connectivity index (χ4v) is 4.81. The minimum absolute atomic E-state index is 0.00289. The molecule has 1 fully saturated rings. The predicted molar refractivity (Wildman–Crippen MR) is 126 cm³/mol. The lowest BCUT2D eigenvalue weighted by atomic mass is 9.95. The van der Waals surface area contributed by atoms with E-state index in [4.69, 9.17) is 9.47 Å². The minimum Gasteiger partial charge on any atom is -0.454 e. The first-order chi connectivity index (χ1) is 16.1. The molecule has 0 bridgehead atoms. The Morgan fingerprint density at radius 1 is 1.03 bits per heavy atom. The highest BCUT2D eigenvalue weighted by Crippen LogP contribution is 2.33. The van der Waals surface area contributed by atoms with E-state index in [1.165, 1.54) is 0 Å². The van der Waals surface area contributed by atoms with Gasteiger partial charge in [0.05, 0.1) is 5.92 Å². The molecule has 1 saturated heterocycles. The van der Waals surface area contributed by atoms with Gasteiger partial charge in [-0.3, -0.25) is 9.59 Å². The number of nitrogens with zero attached hydrogens (tertiary/aromatic N) is 2. The van der Waals surface area contributed by atoms with Crippen LogP contribution in [0.15, 0.2) is 60.7 Å². The summed E-state index contributed by atoms with van der Waals surface area (Å²) in [5.41, 5.74) is 1.71. The molecule has 0 aromatic heterocycles. The van der Waals surface area contributed by atoms with Gasteiger partial charge >= 0.3 is 0 Å². The van der Waals surface area contributed by atoms with Gasteiger partial charge in [-0.25, -0.2) is 0 Å². The predicted octanol–water partition coefficient (Wildman–Crippen LogP) is 4.47. The largest absolute Gasteiger partial charge is 0.454 e. The second-order valence-corrected chi connectivity index (χ2v) is 8.66. The summed E-state index contributed by atoms with van der Waals surface area (Å²) in [6.07, 6.45) is 1.63. The molecule has 0 spiro atoms. The molecule has 1 atom stereocenters. The Labute approximate surface area is 193 Å². The van der Waals surface area contributed by atoms with E-state index in [1.54, 1.807) is 0 Å². The first kappa shape index (κ1) is 21.3. The molecule has 33 heavy (non-hydrogen) atoms. The van der Waals surface area contributed by atoms with Crippen LogP contribution < -0.4 is 9.47 Å². The zero-order valence-electron chi connectivity index (χ0n) is 18.8. The summed E-state index contributed by atoms with van der Waals surface area (Å²) in [4.78, 5) is 30.5. The lowest BCUT2D eigenvalue weighted by molar-refractivity contribution is -0.137. The molecule has 170 valence electrons. The van der Waals surface area contributed by atoms with Crippen LogP contribution in [-0.2, 0) is 11.3 Å². The van der Waals surface area contributed by atoms with Crippen LogP contribution >= 0.6 is 0 Å². The normalized spacial score (nSPS) is 17.2. The van der Waals surface area contributed by atoms with Crippen LogP contribution in [-0.4, -0.2) is 48.0 Å². The van der Waals surface area contributed by atoms with Crippen LogP contribution in [0.1, 0.15) is 35.7 Å². The Morgan fingerprint density at radius 3 is 2.73 bits per heavy atom. The Kier molecular flexibility index (Phi) is 5.90. The molecule has 3 aromatic carbocycles. The molecule has 6 nitrogen and oxygen atoms in total. The van der Waals surface area contributed by atoms with Gasteiger partial charge < -0.3 is 19.3 Å². The van der Waals surface area contributed by atoms with Gasteiger partial charge in [0, 0.05) is 31.7 Å². The van der Waals surface area contributed by atoms with Gasteiger partial charge in [0.15, 0.2) is 11.5 Å². The van der Waals surface area contributed by atoms with Crippen molar-refractivity contribution >= 4 is 22.6 Å². The van der Waals surface area contributed by atoms with Crippen molar-refractivity contribution in [2.45, 2.75) is 26.3 Å². The van der Waals surface area contributed by atoms with Gasteiger partial charge in [0.2, 0.25) is 12.7 Å². The van der Waals surface area contributed by atoms with Crippen molar-refractivity contribution in [3.05, 3.63) is 71.8 Å². The Hall–Kier alpha value is -3.54. The van der Waals surface area contributed by atoms with E-state index >= 15 is 0 Å². The van der Waals surface area contributed by atoms with Crippen molar-refractivity contribution in [3.63, 3.8) is 0 Å². The lowest BCUT2D eigenvalue weighted by Crippen LogP contribution is -2.46. The van der Waals surface area contributed by atoms with Gasteiger partial charge in [0.1, 0.15) is 0 Å². The maximum absolute atomic E-state index is 13.4. The zero-order valence-corrected chi connectivity index (χ0v) is 18.8. The van der Waals surface area contributed by atoms with E-state index < -0.39 is 0 Å². The molecule has 3 aromatic rings. The monoisotopic (exact) mass is 444 g/mol. The number of likely N-dealkylation sites (tertiary alicyclic amines) is 1. The number of amides is 2. The molecule has 2 aliphatic heterocycles. The number of benzene rings is 3. The summed E-state index contributed by atoms with van der Waals surface area (Å²) >= 11 is 0. The summed E-state index contributed by atoms with van der Waals surface area (Å²) in [5, 5.41) is 2.00. The van der Waals surface area contributed by atoms with Crippen molar-refractivity contribution in [2.75, 3.05) is 26.4 Å². The molecule has 2 aliphatic rings. The van der Waals surface area contributed by atoms with Crippen LogP contribution in [0, 0.1) is 5.92 Å². The lowest BCUT2D eigenvalue weighted by Gasteiger charge is -2.35. The molecule has 0 N–H and O–H groups in total. The summed E-state index contributed by atoms with van der Waals surface area (Å²) in [7, 11) is 0. The Bertz CT molecular complexity index is 1190. The highest BCUT2D eigenvalue weighted by atomic mass is 16.7. The van der Waals surface area contributed by atoms with Crippen molar-refractivity contribution in [3.8, 4) is 11.5 Å². The van der Waals surface area contributed by atoms with E-state index in [-0.39, 0.29) is 24.5 Å². The molecule has 2 heterocycles. The third kappa shape index (κ3) is 4.25. The number of carbonyl (C=O) groups is 2. The summed E-state index contributed by atoms with van der Waals surface area (Å²) < 4.78 is 10.9. The summed E-state index contributed by atoms with van der Waals surface area (Å²) in [5.74, 6) is 1.38. The van der Waals surface area contributed by atoms with Gasteiger partial charge in [-0.05, 0) is 54.3 Å². The van der Waals surface area contributed by atoms with Crippen molar-refractivity contribution in [1.29, 1.82) is 0 Å². The third-order valence-corrected chi connectivity index (χ3v) is 6.58. The van der Waals surface area contributed by atoms with Gasteiger partial charge in [0.25, 0.3) is 5.91 Å². The minimum atomic E-state index is -0.188. The van der Waals surface area contributed by atoms with Crippen molar-refractivity contribution in [1.82, 2.24) is 9.80 Å². The van der Waals surface area contributed by atoms with E-state index in [2.05, 4.69) is 0 Å². The highest BCUT2D eigenvalue weighted by molar-refractivity contribution is 6.07. The standard InChI is InChI=1S/C27H28N2O4/c1-2-28(16-19-12-13-24-25(15-19)33-18-32-24)26(30)21-9-6-14-29(17-21)27(31)23-11-5-8-20-7-3-4-10-22(20)23/h3-5,7-8,10-13,15,21H,2,6,9,14,16-18H2,1H3. The second kappa shape index (κ2) is 9.14. The van der Waals surface area contributed by atoms with Gasteiger partial charge in [-0.2, -0.15) is 0 Å². The fraction of sp³-hybridized carbons (Fsp3) is 0.333. The average molecular weight is 445 g/mol. The van der Waals surface area contributed by atoms with Crippen LogP contribution in [0.2, 0.25) is 0 Å². The topological polar surface area (TPSA) is 59.1 Å². The average Bonchev–Trinajstić information content (AvgIpc) is 3.34. The van der Waals surface area contributed by atoms with Crippen LogP contribution in [0.25, 0.3) is 10.8 Å². The number of rotatable bonds is 5. The third-order valence-electron chi connectivity index (χ3n) is 6.58. The fourth-order valence-electron chi connectivity index (χ4n) is 4.81. The molecule has 0 aliphatic carbocycles. The van der Waals surface area contributed by atoms with Gasteiger partial charge in [-0.15, -0.1) is 0 Å². The number of hydrogen-bond acceptors (Lipinski definition) is 4. The number of piperidine rings is 1. The number of carbonyl (C=O) groups excluding carboxylic acids is 2. The number of hydrogen-bond donors (Lipinski definition) is 0. The second-order valence-electron chi connectivity index (χ2n) is 8.66. The maximum atomic E-state index is 13.4. The molecule has 5 rings (SSSR count). The van der Waals surface area contributed by atoms with Crippen molar-refractivity contribution in [2.24, 2.45) is 5.92 Å². The first-order valence-electron chi connectivity index (χ1n) is 11.6.